The molecule has 0 bridgehead atoms. The standard InChI is InChI=1S/C18H16N2O/c1-20(13-14-7-3-2-4-8-14)18(21)16-11-15-9-5-6-10-17(15)19-12-16/h2-12H,13H2,1H3. The highest BCUT2D eigenvalue weighted by molar-refractivity contribution is 5.97. The lowest BCUT2D eigenvalue weighted by Crippen LogP contribution is -2.26. The van der Waals surface area contributed by atoms with Crippen molar-refractivity contribution >= 4 is 16.8 Å². The average Bonchev–Trinajstić information content (AvgIpc) is 2.54. The third-order valence-corrected chi connectivity index (χ3v) is 3.45. The summed E-state index contributed by atoms with van der Waals surface area (Å²) in [6.07, 6.45) is 1.64. The number of hydrogen-bond acceptors (Lipinski definition) is 2. The highest BCUT2D eigenvalue weighted by atomic mass is 16.2. The van der Waals surface area contributed by atoms with Crippen LogP contribution in [0.15, 0.2) is 66.9 Å². The smallest absolute Gasteiger partial charge is 0.255 e. The summed E-state index contributed by atoms with van der Waals surface area (Å²) < 4.78 is 0. The molecular weight excluding hydrogens is 260 g/mol. The van der Waals surface area contributed by atoms with Crippen LogP contribution in [-0.4, -0.2) is 22.8 Å². The molecule has 0 saturated carbocycles. The molecule has 0 N–H and O–H groups in total. The van der Waals surface area contributed by atoms with E-state index in [1.807, 2.05) is 67.7 Å². The summed E-state index contributed by atoms with van der Waals surface area (Å²) in [6, 6.07) is 19.7. The Hall–Kier alpha value is -2.68. The van der Waals surface area contributed by atoms with Gasteiger partial charge >= 0.3 is 0 Å². The molecule has 0 aliphatic heterocycles. The van der Waals surface area contributed by atoms with Gasteiger partial charge in [-0.1, -0.05) is 48.5 Å². The summed E-state index contributed by atoms with van der Waals surface area (Å²) in [5.74, 6) is -0.0166. The van der Waals surface area contributed by atoms with Crippen LogP contribution in [0.1, 0.15) is 15.9 Å². The Morgan fingerprint density at radius 1 is 1.05 bits per heavy atom. The number of amides is 1. The van der Waals surface area contributed by atoms with Gasteiger partial charge in [0.15, 0.2) is 0 Å². The van der Waals surface area contributed by atoms with E-state index in [9.17, 15) is 4.79 Å². The molecule has 104 valence electrons. The zero-order chi connectivity index (χ0) is 14.7. The van der Waals surface area contributed by atoms with Crippen LogP contribution >= 0.6 is 0 Å². The lowest BCUT2D eigenvalue weighted by Gasteiger charge is -2.17. The van der Waals surface area contributed by atoms with E-state index >= 15 is 0 Å². The van der Waals surface area contributed by atoms with Crippen molar-refractivity contribution in [1.82, 2.24) is 9.88 Å². The Bertz CT molecular complexity index is 768. The number of pyridine rings is 1. The molecule has 0 atom stereocenters. The first-order valence-electron chi connectivity index (χ1n) is 6.88. The van der Waals surface area contributed by atoms with Crippen LogP contribution in [0.5, 0.6) is 0 Å². The van der Waals surface area contributed by atoms with Crippen molar-refractivity contribution in [2.45, 2.75) is 6.54 Å². The van der Waals surface area contributed by atoms with Crippen molar-refractivity contribution in [3.63, 3.8) is 0 Å². The van der Waals surface area contributed by atoms with Crippen LogP contribution < -0.4 is 0 Å². The first-order valence-corrected chi connectivity index (χ1v) is 6.88. The van der Waals surface area contributed by atoms with E-state index in [1.54, 1.807) is 11.1 Å². The van der Waals surface area contributed by atoms with Crippen molar-refractivity contribution < 1.29 is 4.79 Å². The third kappa shape index (κ3) is 2.92. The Morgan fingerprint density at radius 3 is 2.57 bits per heavy atom. The molecule has 3 heteroatoms. The molecule has 2 aromatic carbocycles. The molecule has 1 amide bonds. The van der Waals surface area contributed by atoms with Crippen molar-refractivity contribution in [2.24, 2.45) is 0 Å². The minimum Gasteiger partial charge on any atom is -0.337 e. The van der Waals surface area contributed by atoms with Crippen molar-refractivity contribution in [3.8, 4) is 0 Å². The molecule has 0 unspecified atom stereocenters. The molecule has 1 aromatic heterocycles. The highest BCUT2D eigenvalue weighted by Gasteiger charge is 2.12. The number of hydrogen-bond donors (Lipinski definition) is 0. The number of aromatic nitrogens is 1. The van der Waals surface area contributed by atoms with Crippen LogP contribution in [0.2, 0.25) is 0 Å². The fraction of sp³-hybridized carbons (Fsp3) is 0.111. The summed E-state index contributed by atoms with van der Waals surface area (Å²) in [6.45, 7) is 0.590. The van der Waals surface area contributed by atoms with Gasteiger partial charge < -0.3 is 4.90 Å². The lowest BCUT2D eigenvalue weighted by atomic mass is 10.1. The Balaban J connectivity index is 1.82. The fourth-order valence-corrected chi connectivity index (χ4v) is 2.34. The van der Waals surface area contributed by atoms with Crippen molar-refractivity contribution in [2.75, 3.05) is 7.05 Å². The highest BCUT2D eigenvalue weighted by Crippen LogP contribution is 2.14. The zero-order valence-electron chi connectivity index (χ0n) is 11.9. The summed E-state index contributed by atoms with van der Waals surface area (Å²) in [4.78, 5) is 18.5. The van der Waals surface area contributed by atoms with E-state index in [1.165, 1.54) is 0 Å². The number of carbonyl (C=O) groups excluding carboxylic acids is 1. The van der Waals surface area contributed by atoms with E-state index < -0.39 is 0 Å². The summed E-state index contributed by atoms with van der Waals surface area (Å²) in [5.41, 5.74) is 2.63. The third-order valence-electron chi connectivity index (χ3n) is 3.45. The van der Waals surface area contributed by atoms with Crippen LogP contribution in [-0.2, 0) is 6.54 Å². The van der Waals surface area contributed by atoms with Gasteiger partial charge in [-0.25, -0.2) is 0 Å². The molecule has 3 aromatic rings. The Labute approximate surface area is 123 Å². The van der Waals surface area contributed by atoms with Crippen LogP contribution in [0.25, 0.3) is 10.9 Å². The molecule has 0 fully saturated rings. The second-order valence-electron chi connectivity index (χ2n) is 5.06. The van der Waals surface area contributed by atoms with Gasteiger partial charge in [0.25, 0.3) is 5.91 Å². The van der Waals surface area contributed by atoms with E-state index in [0.717, 1.165) is 16.5 Å². The van der Waals surface area contributed by atoms with Gasteiger partial charge in [-0.15, -0.1) is 0 Å². The number of rotatable bonds is 3. The van der Waals surface area contributed by atoms with Gasteiger partial charge in [0, 0.05) is 25.2 Å². The first-order chi connectivity index (χ1) is 10.2. The molecule has 0 aliphatic rings. The molecule has 1 heterocycles. The van der Waals surface area contributed by atoms with Gasteiger partial charge in [-0.3, -0.25) is 9.78 Å². The van der Waals surface area contributed by atoms with E-state index in [4.69, 9.17) is 0 Å². The molecule has 0 aliphatic carbocycles. The number of para-hydroxylation sites is 1. The Morgan fingerprint density at radius 2 is 1.76 bits per heavy atom. The molecular formula is C18H16N2O. The normalized spacial score (nSPS) is 10.5. The van der Waals surface area contributed by atoms with Gasteiger partial charge in [0.1, 0.15) is 0 Å². The maximum absolute atomic E-state index is 12.5. The van der Waals surface area contributed by atoms with Crippen molar-refractivity contribution in [1.29, 1.82) is 0 Å². The molecule has 3 rings (SSSR count). The van der Waals surface area contributed by atoms with Gasteiger partial charge in [-0.2, -0.15) is 0 Å². The summed E-state index contributed by atoms with van der Waals surface area (Å²) in [7, 11) is 1.81. The van der Waals surface area contributed by atoms with Gasteiger partial charge in [-0.05, 0) is 17.7 Å². The predicted molar refractivity (Wildman–Crippen MR) is 84.0 cm³/mol. The maximum Gasteiger partial charge on any atom is 0.255 e. The number of nitrogens with zero attached hydrogens (tertiary/aromatic N) is 2. The second-order valence-corrected chi connectivity index (χ2v) is 5.06. The molecule has 0 spiro atoms. The van der Waals surface area contributed by atoms with E-state index in [0.29, 0.717) is 12.1 Å². The Kier molecular flexibility index (Phi) is 3.65. The number of fused-ring (bicyclic) bond motifs is 1. The fourth-order valence-electron chi connectivity index (χ4n) is 2.34. The topological polar surface area (TPSA) is 33.2 Å². The van der Waals surface area contributed by atoms with E-state index in [2.05, 4.69) is 4.98 Å². The minimum atomic E-state index is -0.0166. The SMILES string of the molecule is CN(Cc1ccccc1)C(=O)c1cnc2ccccc2c1. The molecule has 0 radical (unpaired) electrons. The van der Waals surface area contributed by atoms with E-state index in [-0.39, 0.29) is 5.91 Å². The monoisotopic (exact) mass is 276 g/mol. The first kappa shape index (κ1) is 13.3. The largest absolute Gasteiger partial charge is 0.337 e. The average molecular weight is 276 g/mol. The number of benzene rings is 2. The lowest BCUT2D eigenvalue weighted by molar-refractivity contribution is 0.0785. The van der Waals surface area contributed by atoms with Crippen LogP contribution in [0.3, 0.4) is 0 Å². The van der Waals surface area contributed by atoms with Gasteiger partial charge in [0.05, 0.1) is 11.1 Å². The van der Waals surface area contributed by atoms with Crippen molar-refractivity contribution in [3.05, 3.63) is 78.0 Å². The molecule has 3 nitrogen and oxygen atoms in total. The number of carbonyl (C=O) groups is 1. The molecule has 21 heavy (non-hydrogen) atoms. The predicted octanol–water partition coefficient (Wildman–Crippen LogP) is 3.51. The summed E-state index contributed by atoms with van der Waals surface area (Å²) in [5, 5.41) is 0.983. The van der Waals surface area contributed by atoms with Crippen LogP contribution in [0, 0.1) is 0 Å². The minimum absolute atomic E-state index is 0.0166. The zero-order valence-corrected chi connectivity index (χ0v) is 11.9. The van der Waals surface area contributed by atoms with Gasteiger partial charge in [0.2, 0.25) is 0 Å². The quantitative estimate of drug-likeness (QED) is 0.733. The second kappa shape index (κ2) is 5.75. The summed E-state index contributed by atoms with van der Waals surface area (Å²) >= 11 is 0. The molecule has 0 saturated heterocycles. The van der Waals surface area contributed by atoms with Crippen LogP contribution in [0.4, 0.5) is 0 Å². The maximum atomic E-state index is 12.5.